The quantitative estimate of drug-likeness (QED) is 0.237. The van der Waals surface area contributed by atoms with Crippen molar-refractivity contribution < 1.29 is 0 Å². The molecule has 8 aliphatic carbocycles. The Labute approximate surface area is 435 Å². The fourth-order valence-electron chi connectivity index (χ4n) is 18.9. The molecule has 3 heterocycles. The second-order valence-electron chi connectivity index (χ2n) is 29.6. The van der Waals surface area contributed by atoms with Gasteiger partial charge in [-0.2, -0.15) is 0 Å². The largest absolute Gasteiger partial charge is 0.339 e. The fourth-order valence-corrected chi connectivity index (χ4v) is 20.3. The molecular weight excluding hydrogens is 874 g/mol. The molecule has 1 aromatic heterocycles. The van der Waals surface area contributed by atoms with Crippen molar-refractivity contribution in [2.24, 2.45) is 51.2 Å². The molecule has 4 saturated carbocycles. The molecule has 1 nitrogen and oxygen atoms in total. The van der Waals surface area contributed by atoms with Crippen molar-refractivity contribution in [1.29, 1.82) is 0 Å². The standard InChI is InChI=1S/C68H88BNS/c1-15-50-52(65(9,10)24-23-63(50,5)6)22-29-70-57-37-55-54(67(13)27-28-68(55,14)38-67)36-56(57)69-61-45(30-39(2)31-58(61)70)18-20-46(44-19-21-51-53(33-44)66(11,12)26-25-64(51,7)8)60-49-34-47-40(3)42-16-17-43(32-42)41(4)48(47)35-59(49)71-62(60)69/h15,19,21-22,31,33-37,40-43,45-46,51,53H,16-18,20,23-30,32,38H2,1-14H3/b50-15?,52-22+/t40?,41?,42?,43?,45?,46?,51?,53?,67?,68-/m1/s1. The van der Waals surface area contributed by atoms with Crippen LogP contribution >= 0.6 is 11.3 Å². The van der Waals surface area contributed by atoms with Crippen molar-refractivity contribution in [1.82, 2.24) is 0 Å². The zero-order chi connectivity index (χ0) is 49.7. The van der Waals surface area contributed by atoms with Crippen LogP contribution in [0.1, 0.15) is 226 Å². The van der Waals surface area contributed by atoms with Crippen LogP contribution in [0.15, 0.2) is 94.2 Å². The molecule has 0 amide bonds. The van der Waals surface area contributed by atoms with Crippen LogP contribution in [-0.4, -0.2) is 13.3 Å². The lowest BCUT2D eigenvalue weighted by Crippen LogP contribution is -2.55. The minimum absolute atomic E-state index is 0.148. The Morgan fingerprint density at radius 3 is 2.07 bits per heavy atom. The first-order chi connectivity index (χ1) is 33.5. The van der Waals surface area contributed by atoms with Gasteiger partial charge in [0.1, 0.15) is 0 Å². The van der Waals surface area contributed by atoms with Gasteiger partial charge in [0.05, 0.1) is 0 Å². The van der Waals surface area contributed by atoms with E-state index < -0.39 is 0 Å². The summed E-state index contributed by atoms with van der Waals surface area (Å²) in [6.07, 6.45) is 33.1. The highest BCUT2D eigenvalue weighted by Crippen LogP contribution is 2.63. The van der Waals surface area contributed by atoms with E-state index in [2.05, 4.69) is 174 Å². The molecule has 374 valence electrons. The van der Waals surface area contributed by atoms with Crippen LogP contribution in [0.25, 0.3) is 10.1 Å². The molecule has 10 aliphatic rings. The van der Waals surface area contributed by atoms with E-state index in [1.54, 1.807) is 81.6 Å². The molecule has 0 saturated heterocycles. The monoisotopic (exact) mass is 962 g/mol. The Hall–Kier alpha value is -3.30. The van der Waals surface area contributed by atoms with Gasteiger partial charge in [0.2, 0.25) is 0 Å². The van der Waals surface area contributed by atoms with E-state index in [0.29, 0.717) is 46.3 Å². The molecule has 4 fully saturated rings. The minimum atomic E-state index is 0.148. The van der Waals surface area contributed by atoms with Crippen LogP contribution < -0.4 is 15.1 Å². The number of hydrogen-bond acceptors (Lipinski definition) is 2. The number of anilines is 1. The van der Waals surface area contributed by atoms with Gasteiger partial charge in [-0.25, -0.2) is 0 Å². The number of thiophene rings is 1. The van der Waals surface area contributed by atoms with Crippen LogP contribution in [0.4, 0.5) is 5.69 Å². The van der Waals surface area contributed by atoms with E-state index in [-0.39, 0.29) is 28.4 Å². The summed E-state index contributed by atoms with van der Waals surface area (Å²) in [5, 5.41) is 1.61. The predicted molar refractivity (Wildman–Crippen MR) is 307 cm³/mol. The van der Waals surface area contributed by atoms with E-state index in [9.17, 15) is 0 Å². The summed E-state index contributed by atoms with van der Waals surface area (Å²) in [5.74, 6) is 4.99. The first-order valence-corrected chi connectivity index (χ1v) is 30.1. The predicted octanol–water partition coefficient (Wildman–Crippen LogP) is 17.6. The highest BCUT2D eigenvalue weighted by molar-refractivity contribution is 7.31. The smallest absolute Gasteiger partial charge is 0.255 e. The van der Waals surface area contributed by atoms with E-state index in [1.807, 2.05) is 0 Å². The molecule has 3 aromatic rings. The SMILES string of the molecule is CC=C1/C(=C\CN2C3=C4B(c5cc6c(cc52)[C@]2(C)CCC6(C)C2)c2sc5cc6c(cc5c2C(C2=CC5C(C=C2)C(C)(C)CCC5(C)C)CCC4CC(C)=C3)C(C)C2CCC(C2)C6C)C(C)(C)CCC1(C)C. The lowest BCUT2D eigenvalue weighted by molar-refractivity contribution is 0.0324. The van der Waals surface area contributed by atoms with E-state index >= 15 is 0 Å². The van der Waals surface area contributed by atoms with Gasteiger partial charge in [-0.1, -0.05) is 131 Å². The van der Waals surface area contributed by atoms with Gasteiger partial charge in [0, 0.05) is 28.5 Å². The van der Waals surface area contributed by atoms with Gasteiger partial charge < -0.3 is 4.90 Å². The van der Waals surface area contributed by atoms with Gasteiger partial charge in [-0.15, -0.1) is 11.3 Å². The maximum atomic E-state index is 2.89. The third-order valence-electron chi connectivity index (χ3n) is 23.4. The van der Waals surface area contributed by atoms with Crippen molar-refractivity contribution in [3.8, 4) is 0 Å². The zero-order valence-electron chi connectivity index (χ0n) is 46.7. The summed E-state index contributed by atoms with van der Waals surface area (Å²) in [4.78, 5) is 2.89. The molecule has 0 spiro atoms. The Kier molecular flexibility index (Phi) is 10.4. The van der Waals surface area contributed by atoms with Gasteiger partial charge in [-0.05, 0) is 256 Å². The number of rotatable bonds is 3. The number of benzene rings is 2. The van der Waals surface area contributed by atoms with E-state index in [1.165, 1.54) is 89.2 Å². The zero-order valence-corrected chi connectivity index (χ0v) is 47.5. The van der Waals surface area contributed by atoms with Crippen LogP contribution in [0.5, 0.6) is 0 Å². The molecular formula is C68H88BNS. The summed E-state index contributed by atoms with van der Waals surface area (Å²) in [6.45, 7) is 36.8. The highest BCUT2D eigenvalue weighted by atomic mass is 32.1. The van der Waals surface area contributed by atoms with Crippen molar-refractivity contribution in [2.45, 2.75) is 209 Å². The van der Waals surface area contributed by atoms with Crippen molar-refractivity contribution in [3.63, 3.8) is 0 Å². The lowest BCUT2D eigenvalue weighted by atomic mass is 9.33. The van der Waals surface area contributed by atoms with Gasteiger partial charge in [-0.3, -0.25) is 0 Å². The highest BCUT2D eigenvalue weighted by Gasteiger charge is 2.56. The van der Waals surface area contributed by atoms with Crippen molar-refractivity contribution in [3.05, 3.63) is 122 Å². The minimum Gasteiger partial charge on any atom is -0.339 e. The summed E-state index contributed by atoms with van der Waals surface area (Å²) in [6, 6.07) is 11.3. The second kappa shape index (κ2) is 15.6. The van der Waals surface area contributed by atoms with Crippen LogP contribution in [0, 0.1) is 51.2 Å². The number of nitrogens with zero attached hydrogens (tertiary/aromatic N) is 1. The van der Waals surface area contributed by atoms with Crippen molar-refractivity contribution in [2.75, 3.05) is 11.4 Å². The maximum Gasteiger partial charge on any atom is 0.255 e. The molecule has 9 unspecified atom stereocenters. The van der Waals surface area contributed by atoms with Crippen LogP contribution in [-0.2, 0) is 10.8 Å². The lowest BCUT2D eigenvalue weighted by Gasteiger charge is -2.52. The second-order valence-corrected chi connectivity index (χ2v) is 30.7. The Balaban J connectivity index is 1.08. The topological polar surface area (TPSA) is 3.24 Å². The van der Waals surface area contributed by atoms with E-state index in [4.69, 9.17) is 0 Å². The normalized spacial score (nSPS) is 37.7. The third-order valence-corrected chi connectivity index (χ3v) is 24.7. The molecule has 4 bridgehead atoms. The Bertz CT molecular complexity index is 2990. The summed E-state index contributed by atoms with van der Waals surface area (Å²) < 4.78 is 3.27. The molecule has 13 rings (SSSR count). The average Bonchev–Trinajstić information content (AvgIpc) is 4.07. The van der Waals surface area contributed by atoms with Gasteiger partial charge >= 0.3 is 0 Å². The molecule has 2 aromatic carbocycles. The summed E-state index contributed by atoms with van der Waals surface area (Å²) >= 11 is 2.25. The van der Waals surface area contributed by atoms with Gasteiger partial charge in [0.15, 0.2) is 0 Å². The van der Waals surface area contributed by atoms with Crippen LogP contribution in [0.3, 0.4) is 0 Å². The van der Waals surface area contributed by atoms with Crippen LogP contribution in [0.2, 0.25) is 0 Å². The van der Waals surface area contributed by atoms with Gasteiger partial charge in [0.25, 0.3) is 6.71 Å². The number of fused-ring (bicyclic) bond motifs is 15. The summed E-state index contributed by atoms with van der Waals surface area (Å²) in [5.41, 5.74) is 22.7. The first-order valence-electron chi connectivity index (χ1n) is 29.3. The Morgan fingerprint density at radius 2 is 1.38 bits per heavy atom. The average molecular weight is 962 g/mol. The summed E-state index contributed by atoms with van der Waals surface area (Å²) in [7, 11) is 0. The first kappa shape index (κ1) is 47.4. The Morgan fingerprint density at radius 1 is 0.732 bits per heavy atom. The number of allylic oxidation sites excluding steroid dienone is 10. The maximum absolute atomic E-state index is 2.89. The molecule has 71 heavy (non-hydrogen) atoms. The molecule has 0 radical (unpaired) electrons. The molecule has 2 aliphatic heterocycles. The molecule has 0 N–H and O–H groups in total. The molecule has 10 atom stereocenters. The number of hydrogen-bond donors (Lipinski definition) is 0. The molecule has 3 heteroatoms. The third kappa shape index (κ3) is 6.86. The van der Waals surface area contributed by atoms with E-state index in [0.717, 1.165) is 18.4 Å². The fraction of sp³-hybridized carbons (Fsp3) is 0.618. The van der Waals surface area contributed by atoms with Crippen molar-refractivity contribution >= 4 is 44.1 Å².